The summed E-state index contributed by atoms with van der Waals surface area (Å²) in [6.07, 6.45) is -1.49. The SMILES string of the molecule is Br.CNCC(=O)N(C(=O)CN(C)C[C@H]1CN(c2ccc(N3CCOCC3=O)cc2F)C(=O)O1)C(=O)c1ccc(Cl)s1. The lowest BCUT2D eigenvalue weighted by atomic mass is 10.2. The van der Waals surface area contributed by atoms with Crippen molar-refractivity contribution in [1.29, 1.82) is 0 Å². The molecule has 0 radical (unpaired) electrons. The fourth-order valence-corrected chi connectivity index (χ4v) is 5.31. The first-order valence-electron chi connectivity index (χ1n) is 12.2. The number of rotatable bonds is 9. The van der Waals surface area contributed by atoms with Crippen LogP contribution in [0, 0.1) is 5.82 Å². The number of carbonyl (C=O) groups is 5. The number of benzene rings is 1. The third-order valence-electron chi connectivity index (χ3n) is 6.13. The maximum atomic E-state index is 15.0. The van der Waals surface area contributed by atoms with Crippen LogP contribution in [0.1, 0.15) is 9.67 Å². The molecule has 0 bridgehead atoms. The minimum Gasteiger partial charge on any atom is -0.443 e. The highest BCUT2D eigenvalue weighted by Crippen LogP contribution is 2.29. The molecular formula is C25H28BrClFN5O7S. The molecule has 1 N–H and O–H groups in total. The summed E-state index contributed by atoms with van der Waals surface area (Å²) in [6.45, 7) is 0.0502. The van der Waals surface area contributed by atoms with Crippen LogP contribution in [-0.2, 0) is 23.9 Å². The van der Waals surface area contributed by atoms with E-state index in [1.807, 2.05) is 0 Å². The Morgan fingerprint density at radius 2 is 1.93 bits per heavy atom. The Bertz CT molecular complexity index is 1330. The van der Waals surface area contributed by atoms with Gasteiger partial charge in [-0.25, -0.2) is 14.1 Å². The van der Waals surface area contributed by atoms with Crippen molar-refractivity contribution in [1.82, 2.24) is 15.1 Å². The normalized spacial score (nSPS) is 17.0. The molecule has 3 heterocycles. The Balaban J connectivity index is 0.00000462. The molecule has 5 amide bonds. The number of thiophene rings is 1. The van der Waals surface area contributed by atoms with Crippen LogP contribution in [-0.4, -0.2) is 106 Å². The molecule has 2 fully saturated rings. The van der Waals surface area contributed by atoms with Crippen LogP contribution >= 0.6 is 39.9 Å². The minimum atomic E-state index is -0.785. The zero-order valence-corrected chi connectivity index (χ0v) is 25.4. The molecule has 16 heteroatoms. The number of carbonyl (C=O) groups excluding carboxylic acids is 5. The average molecular weight is 677 g/mol. The number of ether oxygens (including phenoxy) is 2. The van der Waals surface area contributed by atoms with Crippen molar-refractivity contribution in [3.8, 4) is 0 Å². The number of nitrogens with zero attached hydrogens (tertiary/aromatic N) is 4. The summed E-state index contributed by atoms with van der Waals surface area (Å²) in [5.74, 6) is -3.27. The monoisotopic (exact) mass is 675 g/mol. The summed E-state index contributed by atoms with van der Waals surface area (Å²) in [5.41, 5.74) is 0.341. The van der Waals surface area contributed by atoms with E-state index < -0.39 is 35.7 Å². The lowest BCUT2D eigenvalue weighted by Crippen LogP contribution is -2.49. The molecule has 1 aromatic carbocycles. The summed E-state index contributed by atoms with van der Waals surface area (Å²) in [5, 5.41) is 2.63. The molecule has 2 saturated heterocycles. The van der Waals surface area contributed by atoms with E-state index in [0.29, 0.717) is 28.1 Å². The molecule has 1 atom stereocenters. The second-order valence-electron chi connectivity index (χ2n) is 9.11. The molecule has 12 nitrogen and oxygen atoms in total. The Morgan fingerprint density at radius 3 is 2.56 bits per heavy atom. The highest BCUT2D eigenvalue weighted by Gasteiger charge is 2.36. The number of nitrogens with one attached hydrogen (secondary N) is 1. The molecule has 0 aliphatic carbocycles. The summed E-state index contributed by atoms with van der Waals surface area (Å²) in [4.78, 5) is 67.9. The van der Waals surface area contributed by atoms with E-state index in [4.69, 9.17) is 21.1 Å². The fraction of sp³-hybridized carbons (Fsp3) is 0.400. The first kappa shape index (κ1) is 32.6. The molecule has 0 spiro atoms. The summed E-state index contributed by atoms with van der Waals surface area (Å²) in [6, 6.07) is 7.05. The number of likely N-dealkylation sites (N-methyl/N-ethyl adjacent to an activating group) is 2. The second kappa shape index (κ2) is 14.3. The molecule has 2 aromatic rings. The van der Waals surface area contributed by atoms with E-state index in [2.05, 4.69) is 5.32 Å². The zero-order chi connectivity index (χ0) is 29.0. The van der Waals surface area contributed by atoms with Crippen LogP contribution in [0.2, 0.25) is 4.34 Å². The van der Waals surface area contributed by atoms with Crippen molar-refractivity contribution in [2.45, 2.75) is 6.10 Å². The number of amides is 5. The lowest BCUT2D eigenvalue weighted by Gasteiger charge is -2.27. The van der Waals surface area contributed by atoms with Crippen LogP contribution in [0.5, 0.6) is 0 Å². The molecule has 0 saturated carbocycles. The predicted octanol–water partition coefficient (Wildman–Crippen LogP) is 2.15. The van der Waals surface area contributed by atoms with Gasteiger partial charge in [0.15, 0.2) is 0 Å². The summed E-state index contributed by atoms with van der Waals surface area (Å²) >= 11 is 6.85. The van der Waals surface area contributed by atoms with Gasteiger partial charge in [0.2, 0.25) is 5.91 Å². The summed E-state index contributed by atoms with van der Waals surface area (Å²) in [7, 11) is 3.08. The van der Waals surface area contributed by atoms with Gasteiger partial charge in [-0.15, -0.1) is 28.3 Å². The predicted molar refractivity (Wildman–Crippen MR) is 154 cm³/mol. The highest BCUT2D eigenvalue weighted by molar-refractivity contribution is 8.93. The highest BCUT2D eigenvalue weighted by atomic mass is 79.9. The number of anilines is 2. The van der Waals surface area contributed by atoms with E-state index in [1.54, 1.807) is 13.1 Å². The van der Waals surface area contributed by atoms with Gasteiger partial charge < -0.3 is 19.7 Å². The van der Waals surface area contributed by atoms with Gasteiger partial charge in [-0.3, -0.25) is 29.0 Å². The van der Waals surface area contributed by atoms with Gasteiger partial charge in [-0.2, -0.15) is 0 Å². The topological polar surface area (TPSA) is 129 Å². The third kappa shape index (κ3) is 7.67. The largest absolute Gasteiger partial charge is 0.443 e. The van der Waals surface area contributed by atoms with Gasteiger partial charge in [0.05, 0.1) is 41.1 Å². The molecule has 0 unspecified atom stereocenters. The van der Waals surface area contributed by atoms with Gasteiger partial charge in [0.25, 0.3) is 17.7 Å². The molecule has 4 rings (SSSR count). The number of cyclic esters (lactones) is 1. The molecule has 1 aromatic heterocycles. The van der Waals surface area contributed by atoms with Crippen molar-refractivity contribution in [3.05, 3.63) is 45.4 Å². The van der Waals surface area contributed by atoms with Crippen LogP contribution in [0.3, 0.4) is 0 Å². The van der Waals surface area contributed by atoms with E-state index in [9.17, 15) is 24.0 Å². The van der Waals surface area contributed by atoms with E-state index in [1.165, 1.54) is 41.1 Å². The lowest BCUT2D eigenvalue weighted by molar-refractivity contribution is -0.141. The first-order valence-corrected chi connectivity index (χ1v) is 13.4. The fourth-order valence-electron chi connectivity index (χ4n) is 4.34. The van der Waals surface area contributed by atoms with Gasteiger partial charge in [-0.05, 0) is 44.4 Å². The van der Waals surface area contributed by atoms with Crippen molar-refractivity contribution in [3.63, 3.8) is 0 Å². The zero-order valence-electron chi connectivity index (χ0n) is 22.1. The van der Waals surface area contributed by atoms with Crippen LogP contribution in [0.25, 0.3) is 0 Å². The Morgan fingerprint density at radius 1 is 1.17 bits per heavy atom. The van der Waals surface area contributed by atoms with Crippen LogP contribution < -0.4 is 15.1 Å². The van der Waals surface area contributed by atoms with Crippen LogP contribution in [0.4, 0.5) is 20.6 Å². The van der Waals surface area contributed by atoms with Crippen molar-refractivity contribution in [2.75, 3.05) is 69.8 Å². The second-order valence-corrected chi connectivity index (χ2v) is 10.8. The van der Waals surface area contributed by atoms with Crippen LogP contribution in [0.15, 0.2) is 30.3 Å². The number of halogens is 3. The maximum absolute atomic E-state index is 15.0. The first-order chi connectivity index (χ1) is 19.1. The Hall–Kier alpha value is -2.95. The molecule has 2 aliphatic heterocycles. The summed E-state index contributed by atoms with van der Waals surface area (Å²) < 4.78 is 25.8. The Labute approximate surface area is 254 Å². The van der Waals surface area contributed by atoms with Gasteiger partial charge in [-0.1, -0.05) is 11.6 Å². The maximum Gasteiger partial charge on any atom is 0.414 e. The number of imide groups is 3. The number of morpholine rings is 1. The quantitative estimate of drug-likeness (QED) is 0.425. The van der Waals surface area contributed by atoms with Crippen molar-refractivity contribution < 1.29 is 37.8 Å². The smallest absolute Gasteiger partial charge is 0.414 e. The molecule has 2 aliphatic rings. The average Bonchev–Trinajstić information content (AvgIpc) is 3.49. The minimum absolute atomic E-state index is 0. The van der Waals surface area contributed by atoms with Gasteiger partial charge in [0.1, 0.15) is 18.5 Å². The number of hydrogen-bond acceptors (Lipinski definition) is 10. The van der Waals surface area contributed by atoms with Gasteiger partial charge >= 0.3 is 6.09 Å². The molecule has 41 heavy (non-hydrogen) atoms. The molecular weight excluding hydrogens is 649 g/mol. The van der Waals surface area contributed by atoms with Gasteiger partial charge in [0, 0.05) is 18.8 Å². The van der Waals surface area contributed by atoms with E-state index in [0.717, 1.165) is 16.2 Å². The van der Waals surface area contributed by atoms with Crippen molar-refractivity contribution >= 4 is 81.0 Å². The Kier molecular flexibility index (Phi) is 11.3. The van der Waals surface area contributed by atoms with E-state index in [-0.39, 0.29) is 66.2 Å². The van der Waals surface area contributed by atoms with Crippen molar-refractivity contribution in [2.24, 2.45) is 0 Å². The van der Waals surface area contributed by atoms with E-state index >= 15 is 4.39 Å². The molecule has 222 valence electrons. The third-order valence-corrected chi connectivity index (χ3v) is 7.35. The standard InChI is InChI=1S/C25H27ClFN5O7S.BrH/c1-28-10-21(33)32(24(36)19-5-6-20(26)40-19)22(34)13-29(2)11-16-12-31(25(37)39-16)18-4-3-15(9-17(18)27)30-7-8-38-14-23(30)35;/h3-6,9,16,28H,7-8,10-14H2,1-2H3;1H/t16-;/m0./s1. The number of hydrogen-bond donors (Lipinski definition) is 1.